The quantitative estimate of drug-likeness (QED) is 0.476. The van der Waals surface area contributed by atoms with Gasteiger partial charge in [-0.05, 0) is 48.7 Å². The average molecular weight is 383 g/mol. The Balaban J connectivity index is 2.17. The van der Waals surface area contributed by atoms with Gasteiger partial charge < -0.3 is 14.1 Å². The first-order valence-corrected chi connectivity index (χ1v) is 9.61. The number of benzene rings is 1. The van der Waals surface area contributed by atoms with E-state index >= 15 is 0 Å². The van der Waals surface area contributed by atoms with Crippen molar-refractivity contribution in [2.75, 3.05) is 18.6 Å². The minimum absolute atomic E-state index is 0.213. The van der Waals surface area contributed by atoms with E-state index in [0.717, 1.165) is 11.3 Å². The summed E-state index contributed by atoms with van der Waals surface area (Å²) < 4.78 is 10.9. The summed E-state index contributed by atoms with van der Waals surface area (Å²) in [5.74, 6) is 1.64. The Kier molecular flexibility index (Phi) is 7.21. The summed E-state index contributed by atoms with van der Waals surface area (Å²) in [6.07, 6.45) is 3.16. The fourth-order valence-electron chi connectivity index (χ4n) is 2.87. The second-order valence-electron chi connectivity index (χ2n) is 7.28. The largest absolute Gasteiger partial charge is 0.462 e. The molecule has 0 saturated carbocycles. The molecule has 0 radical (unpaired) electrons. The Morgan fingerprint density at radius 1 is 1.14 bits per heavy atom. The first kappa shape index (κ1) is 21.5. The molecule has 2 aromatic rings. The molecule has 0 aliphatic rings. The van der Waals surface area contributed by atoms with Crippen molar-refractivity contribution in [1.82, 2.24) is 0 Å². The van der Waals surface area contributed by atoms with Gasteiger partial charge >= 0.3 is 5.97 Å². The highest BCUT2D eigenvalue weighted by atomic mass is 16.5. The molecule has 2 rings (SSSR count). The van der Waals surface area contributed by atoms with Crippen molar-refractivity contribution in [2.45, 2.75) is 46.5 Å². The Morgan fingerprint density at radius 3 is 2.43 bits per heavy atom. The van der Waals surface area contributed by atoms with Crippen LogP contribution in [-0.2, 0) is 9.53 Å². The molecule has 0 aliphatic carbocycles. The predicted octanol–water partition coefficient (Wildman–Crippen LogP) is 5.38. The molecule has 0 unspecified atom stereocenters. The van der Waals surface area contributed by atoms with Crippen molar-refractivity contribution in [2.24, 2.45) is 0 Å². The number of hydrogen-bond acceptors (Lipinski definition) is 4. The maximum absolute atomic E-state index is 12.6. The fourth-order valence-corrected chi connectivity index (χ4v) is 2.87. The second kappa shape index (κ2) is 9.40. The number of likely N-dealkylation sites (N-methyl/N-ethyl adjacent to an activating group) is 1. The number of anilines is 1. The molecule has 1 aromatic heterocycles. The lowest BCUT2D eigenvalue weighted by Gasteiger charge is -2.16. The van der Waals surface area contributed by atoms with E-state index in [0.29, 0.717) is 29.5 Å². The standard InChI is InChI=1S/C23H29NO4/c1-7-27-23(26)17-9-8-10-18(13-17)24(6)21(25)12-11-19-14-20(15(2)3)22(28-19)16(4)5/h8-16H,7H2,1-6H3. The molecule has 0 aliphatic heterocycles. The molecule has 5 heteroatoms. The monoisotopic (exact) mass is 383 g/mol. The molecule has 1 amide bonds. The van der Waals surface area contributed by atoms with Crippen LogP contribution < -0.4 is 4.90 Å². The van der Waals surface area contributed by atoms with Gasteiger partial charge in [0.05, 0.1) is 12.2 Å². The Morgan fingerprint density at radius 2 is 1.86 bits per heavy atom. The number of hydrogen-bond donors (Lipinski definition) is 0. The highest BCUT2D eigenvalue weighted by molar-refractivity contribution is 6.04. The van der Waals surface area contributed by atoms with E-state index in [1.165, 1.54) is 11.0 Å². The van der Waals surface area contributed by atoms with Crippen molar-refractivity contribution >= 4 is 23.6 Å². The lowest BCUT2D eigenvalue weighted by atomic mass is 9.98. The molecule has 0 fully saturated rings. The second-order valence-corrected chi connectivity index (χ2v) is 7.28. The van der Waals surface area contributed by atoms with Gasteiger partial charge in [0.15, 0.2) is 0 Å². The molecule has 0 N–H and O–H groups in total. The van der Waals surface area contributed by atoms with Crippen molar-refractivity contribution in [3.8, 4) is 0 Å². The van der Waals surface area contributed by atoms with Gasteiger partial charge in [0, 0.05) is 24.7 Å². The third-order valence-electron chi connectivity index (χ3n) is 4.42. The number of rotatable bonds is 7. The molecule has 1 heterocycles. The van der Waals surface area contributed by atoms with Crippen LogP contribution in [0.15, 0.2) is 40.8 Å². The van der Waals surface area contributed by atoms with Crippen LogP contribution in [0.4, 0.5) is 5.69 Å². The zero-order chi connectivity index (χ0) is 20.8. The Bertz CT molecular complexity index is 836. The van der Waals surface area contributed by atoms with E-state index in [1.54, 1.807) is 44.3 Å². The third-order valence-corrected chi connectivity index (χ3v) is 4.42. The number of amides is 1. The highest BCUT2D eigenvalue weighted by Crippen LogP contribution is 2.30. The summed E-state index contributed by atoms with van der Waals surface area (Å²) >= 11 is 0. The van der Waals surface area contributed by atoms with Crippen molar-refractivity contribution in [1.29, 1.82) is 0 Å². The Hall–Kier alpha value is -2.82. The maximum Gasteiger partial charge on any atom is 0.338 e. The van der Waals surface area contributed by atoms with Gasteiger partial charge in [-0.15, -0.1) is 0 Å². The smallest absolute Gasteiger partial charge is 0.338 e. The van der Waals surface area contributed by atoms with E-state index < -0.39 is 5.97 Å². The number of nitrogens with zero attached hydrogens (tertiary/aromatic N) is 1. The molecule has 0 saturated heterocycles. The lowest BCUT2D eigenvalue weighted by molar-refractivity contribution is -0.113. The Labute approximate surface area is 167 Å². The number of carbonyl (C=O) groups is 2. The minimum Gasteiger partial charge on any atom is -0.462 e. The van der Waals surface area contributed by atoms with E-state index in [1.807, 2.05) is 6.07 Å². The van der Waals surface area contributed by atoms with E-state index in [4.69, 9.17) is 9.15 Å². The molecule has 150 valence electrons. The lowest BCUT2D eigenvalue weighted by Crippen LogP contribution is -2.24. The maximum atomic E-state index is 12.6. The molecule has 28 heavy (non-hydrogen) atoms. The topological polar surface area (TPSA) is 59.8 Å². The van der Waals surface area contributed by atoms with Gasteiger partial charge in [-0.1, -0.05) is 33.8 Å². The summed E-state index contributed by atoms with van der Waals surface area (Å²) in [7, 11) is 1.66. The van der Waals surface area contributed by atoms with Crippen LogP contribution in [0.1, 0.15) is 73.9 Å². The van der Waals surface area contributed by atoms with Gasteiger partial charge in [-0.3, -0.25) is 4.79 Å². The van der Waals surface area contributed by atoms with Crippen molar-refractivity contribution < 1.29 is 18.7 Å². The summed E-state index contributed by atoms with van der Waals surface area (Å²) in [5.41, 5.74) is 2.19. The SMILES string of the molecule is CCOC(=O)c1cccc(N(C)C(=O)C=Cc2cc(C(C)C)c(C(C)C)o2)c1. The molecular weight excluding hydrogens is 354 g/mol. The molecular formula is C23H29NO4. The van der Waals surface area contributed by atoms with Gasteiger partial charge in [0.25, 0.3) is 5.91 Å². The van der Waals surface area contributed by atoms with Gasteiger partial charge in [-0.25, -0.2) is 4.79 Å². The van der Waals surface area contributed by atoms with Crippen LogP contribution >= 0.6 is 0 Å². The van der Waals surface area contributed by atoms with Gasteiger partial charge in [0.1, 0.15) is 11.5 Å². The zero-order valence-electron chi connectivity index (χ0n) is 17.5. The van der Waals surface area contributed by atoms with Crippen molar-refractivity contribution in [3.05, 3.63) is 59.1 Å². The summed E-state index contributed by atoms with van der Waals surface area (Å²) in [5, 5.41) is 0. The van der Waals surface area contributed by atoms with Crippen molar-refractivity contribution in [3.63, 3.8) is 0 Å². The normalized spacial score (nSPS) is 11.4. The van der Waals surface area contributed by atoms with Crippen LogP contribution in [0.2, 0.25) is 0 Å². The van der Waals surface area contributed by atoms with E-state index in [9.17, 15) is 9.59 Å². The highest BCUT2D eigenvalue weighted by Gasteiger charge is 2.16. The molecule has 0 spiro atoms. The number of ether oxygens (including phenoxy) is 1. The molecule has 0 bridgehead atoms. The molecule has 5 nitrogen and oxygen atoms in total. The number of esters is 1. The van der Waals surface area contributed by atoms with Crippen LogP contribution in [0.5, 0.6) is 0 Å². The summed E-state index contributed by atoms with van der Waals surface area (Å²) in [4.78, 5) is 25.9. The van der Waals surface area contributed by atoms with Crippen LogP contribution in [-0.4, -0.2) is 25.5 Å². The molecule has 0 atom stereocenters. The first-order chi connectivity index (χ1) is 13.2. The average Bonchev–Trinajstić information content (AvgIpc) is 3.11. The predicted molar refractivity (Wildman–Crippen MR) is 112 cm³/mol. The zero-order valence-corrected chi connectivity index (χ0v) is 17.5. The van der Waals surface area contributed by atoms with E-state index in [2.05, 4.69) is 27.7 Å². The first-order valence-electron chi connectivity index (χ1n) is 9.61. The summed E-state index contributed by atoms with van der Waals surface area (Å²) in [6, 6.07) is 8.80. The summed E-state index contributed by atoms with van der Waals surface area (Å²) in [6.45, 7) is 10.5. The van der Waals surface area contributed by atoms with Crippen LogP contribution in [0.25, 0.3) is 6.08 Å². The van der Waals surface area contributed by atoms with Crippen LogP contribution in [0.3, 0.4) is 0 Å². The van der Waals surface area contributed by atoms with Gasteiger partial charge in [0.2, 0.25) is 0 Å². The third kappa shape index (κ3) is 5.12. The van der Waals surface area contributed by atoms with Crippen LogP contribution in [0, 0.1) is 0 Å². The number of furan rings is 1. The fraction of sp³-hybridized carbons (Fsp3) is 0.391. The van der Waals surface area contributed by atoms with E-state index in [-0.39, 0.29) is 11.8 Å². The molecule has 1 aromatic carbocycles. The van der Waals surface area contributed by atoms with Gasteiger partial charge in [-0.2, -0.15) is 0 Å². The minimum atomic E-state index is -0.404. The number of carbonyl (C=O) groups excluding carboxylic acids is 2.